The lowest BCUT2D eigenvalue weighted by Gasteiger charge is -2.20. The second-order valence-electron chi connectivity index (χ2n) is 3.97. The summed E-state index contributed by atoms with van der Waals surface area (Å²) in [6.07, 6.45) is 0. The normalized spacial score (nSPS) is 14.7. The Balaban J connectivity index is 2.77. The van der Waals surface area contributed by atoms with Crippen molar-refractivity contribution in [1.82, 2.24) is 0 Å². The highest BCUT2D eigenvalue weighted by Crippen LogP contribution is 2.16. The molecule has 0 saturated carbocycles. The number of ether oxygens (including phenoxy) is 1. The Morgan fingerprint density at radius 1 is 1.32 bits per heavy atom. The number of hydrogen-bond donors (Lipinski definition) is 1. The van der Waals surface area contributed by atoms with E-state index in [1.54, 1.807) is 30.3 Å². The third-order valence-corrected chi connectivity index (χ3v) is 3.40. The van der Waals surface area contributed by atoms with Crippen LogP contribution in [0.1, 0.15) is 19.4 Å². The van der Waals surface area contributed by atoms with E-state index in [0.717, 1.165) is 6.92 Å². The van der Waals surface area contributed by atoms with E-state index in [1.807, 2.05) is 0 Å². The number of carbonyl (C=O) groups excluding carboxylic acids is 1. The summed E-state index contributed by atoms with van der Waals surface area (Å²) < 4.78 is 32.5. The molecule has 19 heavy (non-hydrogen) atoms. The zero-order valence-electron chi connectivity index (χ0n) is 10.7. The highest BCUT2D eigenvalue weighted by molar-refractivity contribution is 7.86. The minimum Gasteiger partial charge on any atom is -0.462 e. The first-order valence-electron chi connectivity index (χ1n) is 5.63. The summed E-state index contributed by atoms with van der Waals surface area (Å²) in [6, 6.07) is 8.29. The summed E-state index contributed by atoms with van der Waals surface area (Å²) in [6.45, 7) is 2.47. The molecule has 0 spiro atoms. The van der Waals surface area contributed by atoms with Crippen molar-refractivity contribution < 1.29 is 27.2 Å². The van der Waals surface area contributed by atoms with Crippen LogP contribution >= 0.6 is 0 Å². The van der Waals surface area contributed by atoms with E-state index >= 15 is 0 Å². The van der Waals surface area contributed by atoms with E-state index in [9.17, 15) is 18.3 Å². The van der Waals surface area contributed by atoms with Gasteiger partial charge in [-0.05, 0) is 12.5 Å². The average Bonchev–Trinajstić information content (AvgIpc) is 2.28. The van der Waals surface area contributed by atoms with Gasteiger partial charge in [0.25, 0.3) is 15.9 Å². The van der Waals surface area contributed by atoms with Crippen LogP contribution < -0.4 is 0 Å². The fourth-order valence-electron chi connectivity index (χ4n) is 1.35. The van der Waals surface area contributed by atoms with Gasteiger partial charge in [0.05, 0.1) is 6.61 Å². The molecule has 0 aliphatic heterocycles. The molecule has 0 aliphatic carbocycles. The molecular formula is C12H16O6S. The summed E-state index contributed by atoms with van der Waals surface area (Å²) in [5.74, 6) is -4.11. The number of hydrogen-bond acceptors (Lipinski definition) is 6. The van der Waals surface area contributed by atoms with Gasteiger partial charge in [0.1, 0.15) is 5.75 Å². The fourth-order valence-corrected chi connectivity index (χ4v) is 2.58. The molecule has 1 rings (SSSR count). The van der Waals surface area contributed by atoms with E-state index in [1.165, 1.54) is 6.92 Å². The monoisotopic (exact) mass is 288 g/mol. The Kier molecular flexibility index (Phi) is 5.04. The van der Waals surface area contributed by atoms with Gasteiger partial charge in [-0.25, -0.2) is 8.98 Å². The minimum atomic E-state index is -4.11. The maximum absolute atomic E-state index is 11.7. The molecule has 7 heteroatoms. The van der Waals surface area contributed by atoms with Crippen molar-refractivity contribution in [2.24, 2.45) is 0 Å². The van der Waals surface area contributed by atoms with Crippen molar-refractivity contribution in [1.29, 1.82) is 0 Å². The summed E-state index contributed by atoms with van der Waals surface area (Å²) in [4.78, 5) is 11.3. The molecule has 0 fully saturated rings. The fraction of sp³-hybridized carbons (Fsp3) is 0.417. The van der Waals surface area contributed by atoms with Crippen LogP contribution in [0.25, 0.3) is 0 Å². The van der Waals surface area contributed by atoms with Gasteiger partial charge in [-0.1, -0.05) is 30.3 Å². The van der Waals surface area contributed by atoms with Crippen LogP contribution in [0.2, 0.25) is 0 Å². The number of benzene rings is 1. The molecule has 1 N–H and O–H groups in total. The van der Waals surface area contributed by atoms with Crippen molar-refractivity contribution in [2.75, 3.05) is 6.61 Å². The zero-order valence-corrected chi connectivity index (χ0v) is 11.5. The lowest BCUT2D eigenvalue weighted by atomic mass is 10.2. The molecular weight excluding hydrogens is 272 g/mol. The van der Waals surface area contributed by atoms with Crippen molar-refractivity contribution in [3.05, 3.63) is 35.9 Å². The first-order valence-corrected chi connectivity index (χ1v) is 7.21. The third kappa shape index (κ3) is 4.98. The van der Waals surface area contributed by atoms with Crippen LogP contribution in [0.4, 0.5) is 0 Å². The first kappa shape index (κ1) is 15.6. The van der Waals surface area contributed by atoms with Gasteiger partial charge in [0.15, 0.2) is 0 Å². The smallest absolute Gasteiger partial charge is 0.367 e. The van der Waals surface area contributed by atoms with Crippen LogP contribution in [0, 0.1) is 0 Å². The van der Waals surface area contributed by atoms with Gasteiger partial charge in [-0.2, -0.15) is 8.42 Å². The number of rotatable bonds is 6. The molecule has 0 aliphatic rings. The standard InChI is InChI=1S/C12H16O6S/c1-3-17-11(13)12(2,14)18-19(15,16)9-10-7-5-4-6-8-10/h4-8,14H,3,9H2,1-2H3. The van der Waals surface area contributed by atoms with Gasteiger partial charge >= 0.3 is 5.97 Å². The first-order chi connectivity index (χ1) is 8.77. The van der Waals surface area contributed by atoms with Gasteiger partial charge in [0, 0.05) is 6.92 Å². The van der Waals surface area contributed by atoms with Crippen LogP contribution in [0.3, 0.4) is 0 Å². The van der Waals surface area contributed by atoms with E-state index < -0.39 is 27.6 Å². The Bertz CT molecular complexity index is 520. The van der Waals surface area contributed by atoms with E-state index in [0.29, 0.717) is 5.56 Å². The molecule has 0 aromatic heterocycles. The summed E-state index contributed by atoms with van der Waals surface area (Å²) in [7, 11) is -4.11. The lowest BCUT2D eigenvalue weighted by molar-refractivity contribution is -0.193. The van der Waals surface area contributed by atoms with Gasteiger partial charge in [-0.15, -0.1) is 0 Å². The molecule has 1 atom stereocenters. The zero-order chi connectivity index (χ0) is 14.5. The Labute approximate surface area is 112 Å². The van der Waals surface area contributed by atoms with Crippen LogP contribution in [0.15, 0.2) is 30.3 Å². The average molecular weight is 288 g/mol. The van der Waals surface area contributed by atoms with Crippen LogP contribution in [-0.2, 0) is 29.6 Å². The molecule has 0 amide bonds. The molecule has 106 valence electrons. The molecule has 6 nitrogen and oxygen atoms in total. The number of esters is 1. The van der Waals surface area contributed by atoms with Crippen molar-refractivity contribution in [3.8, 4) is 0 Å². The lowest BCUT2D eigenvalue weighted by Crippen LogP contribution is -2.41. The molecule has 0 heterocycles. The molecule has 0 saturated heterocycles. The third-order valence-electron chi connectivity index (χ3n) is 2.13. The number of carbonyl (C=O) groups is 1. The topological polar surface area (TPSA) is 89.9 Å². The predicted molar refractivity (Wildman–Crippen MR) is 67.4 cm³/mol. The maximum Gasteiger partial charge on any atom is 0.367 e. The Hall–Kier alpha value is -1.44. The second kappa shape index (κ2) is 6.14. The van der Waals surface area contributed by atoms with E-state index in [-0.39, 0.29) is 6.61 Å². The molecule has 1 aromatic rings. The van der Waals surface area contributed by atoms with E-state index in [2.05, 4.69) is 8.92 Å². The SMILES string of the molecule is CCOC(=O)C(C)(O)OS(=O)(=O)Cc1ccccc1. The van der Waals surface area contributed by atoms with Crippen LogP contribution in [0.5, 0.6) is 0 Å². The van der Waals surface area contributed by atoms with Crippen molar-refractivity contribution >= 4 is 16.1 Å². The summed E-state index contributed by atoms with van der Waals surface area (Å²) >= 11 is 0. The highest BCUT2D eigenvalue weighted by Gasteiger charge is 2.38. The van der Waals surface area contributed by atoms with Crippen molar-refractivity contribution in [2.45, 2.75) is 25.4 Å². The summed E-state index contributed by atoms with van der Waals surface area (Å²) in [5.41, 5.74) is 0.488. The minimum absolute atomic E-state index is 0.0110. The van der Waals surface area contributed by atoms with Gasteiger partial charge in [-0.3, -0.25) is 0 Å². The Morgan fingerprint density at radius 2 is 1.89 bits per heavy atom. The Morgan fingerprint density at radius 3 is 2.42 bits per heavy atom. The summed E-state index contributed by atoms with van der Waals surface area (Å²) in [5, 5.41) is 9.65. The largest absolute Gasteiger partial charge is 0.462 e. The molecule has 0 bridgehead atoms. The molecule has 1 aromatic carbocycles. The predicted octanol–water partition coefficient (Wildman–Crippen LogP) is 0.805. The van der Waals surface area contributed by atoms with Crippen molar-refractivity contribution in [3.63, 3.8) is 0 Å². The molecule has 0 radical (unpaired) electrons. The second-order valence-corrected chi connectivity index (χ2v) is 5.54. The number of aliphatic hydroxyl groups is 1. The molecule has 1 unspecified atom stereocenters. The highest BCUT2D eigenvalue weighted by atomic mass is 32.2. The van der Waals surface area contributed by atoms with Crippen LogP contribution in [-0.4, -0.2) is 31.9 Å². The van der Waals surface area contributed by atoms with Gasteiger partial charge < -0.3 is 9.84 Å². The maximum atomic E-state index is 11.7. The van der Waals surface area contributed by atoms with E-state index in [4.69, 9.17) is 0 Å². The van der Waals surface area contributed by atoms with Gasteiger partial charge in [0.2, 0.25) is 0 Å². The quantitative estimate of drug-likeness (QED) is 0.473.